The average molecular weight is 350 g/mol. The lowest BCUT2D eigenvalue weighted by molar-refractivity contribution is -0.384. The average Bonchev–Trinajstić information content (AvgIpc) is 2.56. The molecule has 0 bridgehead atoms. The summed E-state index contributed by atoms with van der Waals surface area (Å²) in [6.07, 6.45) is 0. The van der Waals surface area contributed by atoms with Crippen LogP contribution in [-0.2, 0) is 0 Å². The summed E-state index contributed by atoms with van der Waals surface area (Å²) in [6, 6.07) is 9.35. The quantitative estimate of drug-likeness (QED) is 0.617. The number of benzene rings is 2. The van der Waals surface area contributed by atoms with Crippen LogP contribution >= 0.6 is 11.8 Å². The molecule has 0 aliphatic rings. The Labute approximate surface area is 141 Å². The van der Waals surface area contributed by atoms with Crippen molar-refractivity contribution in [2.75, 3.05) is 6.61 Å². The minimum Gasteiger partial charge on any atom is -0.394 e. The standard InChI is InChI=1S/C16H15FN2O4S/c1-10(9-20)18-16(21)12-8-11(19(22)23)6-7-14(12)24-15-5-3-2-4-13(15)17/h2-8,10,20H,9H2,1H3,(H,18,21). The van der Waals surface area contributed by atoms with Crippen molar-refractivity contribution in [2.45, 2.75) is 22.8 Å². The summed E-state index contributed by atoms with van der Waals surface area (Å²) in [5.74, 6) is -1.02. The van der Waals surface area contributed by atoms with E-state index in [1.54, 1.807) is 25.1 Å². The zero-order chi connectivity index (χ0) is 17.7. The second kappa shape index (κ2) is 7.89. The molecule has 0 heterocycles. The molecular weight excluding hydrogens is 335 g/mol. The molecule has 2 aromatic rings. The van der Waals surface area contributed by atoms with E-state index in [9.17, 15) is 19.3 Å². The van der Waals surface area contributed by atoms with E-state index in [0.717, 1.165) is 17.8 Å². The van der Waals surface area contributed by atoms with Crippen LogP contribution in [0.25, 0.3) is 0 Å². The van der Waals surface area contributed by atoms with Gasteiger partial charge in [0.1, 0.15) is 5.82 Å². The zero-order valence-electron chi connectivity index (χ0n) is 12.7. The van der Waals surface area contributed by atoms with Gasteiger partial charge >= 0.3 is 0 Å². The molecule has 2 aromatic carbocycles. The fourth-order valence-corrected chi connectivity index (χ4v) is 2.84. The van der Waals surface area contributed by atoms with Gasteiger partial charge in [0.25, 0.3) is 11.6 Å². The second-order valence-corrected chi connectivity index (χ2v) is 6.11. The van der Waals surface area contributed by atoms with Crippen LogP contribution in [0.3, 0.4) is 0 Å². The minimum absolute atomic E-state index is 0.0535. The monoisotopic (exact) mass is 350 g/mol. The molecule has 0 saturated carbocycles. The normalized spacial score (nSPS) is 11.8. The van der Waals surface area contributed by atoms with Gasteiger partial charge in [0.2, 0.25) is 0 Å². The lowest BCUT2D eigenvalue weighted by Gasteiger charge is -2.13. The van der Waals surface area contributed by atoms with Crippen LogP contribution in [0.15, 0.2) is 52.3 Å². The third kappa shape index (κ3) is 4.30. The van der Waals surface area contributed by atoms with Crippen LogP contribution in [0, 0.1) is 15.9 Å². The Kier molecular flexibility index (Phi) is 5.88. The molecule has 1 amide bonds. The molecular formula is C16H15FN2O4S. The number of rotatable bonds is 6. The molecule has 0 saturated heterocycles. The van der Waals surface area contributed by atoms with E-state index in [0.29, 0.717) is 9.79 Å². The molecule has 0 aliphatic heterocycles. The molecule has 126 valence electrons. The van der Waals surface area contributed by atoms with Crippen molar-refractivity contribution in [2.24, 2.45) is 0 Å². The second-order valence-electron chi connectivity index (χ2n) is 5.03. The number of halogens is 1. The smallest absolute Gasteiger partial charge is 0.270 e. The van der Waals surface area contributed by atoms with Gasteiger partial charge in [-0.1, -0.05) is 23.9 Å². The predicted molar refractivity (Wildman–Crippen MR) is 87.6 cm³/mol. The number of hydrogen-bond acceptors (Lipinski definition) is 5. The van der Waals surface area contributed by atoms with Crippen LogP contribution in [-0.4, -0.2) is 28.6 Å². The molecule has 24 heavy (non-hydrogen) atoms. The summed E-state index contributed by atoms with van der Waals surface area (Å²) in [7, 11) is 0. The summed E-state index contributed by atoms with van der Waals surface area (Å²) >= 11 is 1.00. The zero-order valence-corrected chi connectivity index (χ0v) is 13.5. The maximum atomic E-state index is 13.8. The van der Waals surface area contributed by atoms with Gasteiger partial charge in [0.05, 0.1) is 17.1 Å². The largest absolute Gasteiger partial charge is 0.394 e. The fourth-order valence-electron chi connectivity index (χ4n) is 1.89. The fraction of sp³-hybridized carbons (Fsp3) is 0.188. The minimum atomic E-state index is -0.607. The number of nitro groups is 1. The van der Waals surface area contributed by atoms with Crippen LogP contribution in [0.4, 0.5) is 10.1 Å². The number of nitrogens with zero attached hydrogens (tertiary/aromatic N) is 1. The maximum Gasteiger partial charge on any atom is 0.270 e. The van der Waals surface area contributed by atoms with E-state index >= 15 is 0 Å². The van der Waals surface area contributed by atoms with Crippen molar-refractivity contribution in [3.05, 3.63) is 64.0 Å². The Bertz CT molecular complexity index is 769. The highest BCUT2D eigenvalue weighted by Crippen LogP contribution is 2.34. The number of aliphatic hydroxyl groups is 1. The highest BCUT2D eigenvalue weighted by Gasteiger charge is 2.19. The van der Waals surface area contributed by atoms with Crippen molar-refractivity contribution in [3.63, 3.8) is 0 Å². The lowest BCUT2D eigenvalue weighted by Crippen LogP contribution is -2.35. The highest BCUT2D eigenvalue weighted by atomic mass is 32.2. The number of hydrogen-bond donors (Lipinski definition) is 2. The summed E-state index contributed by atoms with van der Waals surface area (Å²) in [6.45, 7) is 1.33. The Morgan fingerprint density at radius 3 is 2.67 bits per heavy atom. The van der Waals surface area contributed by atoms with Gasteiger partial charge in [0, 0.05) is 28.0 Å². The Morgan fingerprint density at radius 2 is 2.04 bits per heavy atom. The van der Waals surface area contributed by atoms with Gasteiger partial charge in [-0.3, -0.25) is 14.9 Å². The van der Waals surface area contributed by atoms with E-state index < -0.39 is 22.7 Å². The molecule has 0 fully saturated rings. The number of amides is 1. The number of nitro benzene ring substituents is 1. The van der Waals surface area contributed by atoms with Crippen molar-refractivity contribution in [1.82, 2.24) is 5.32 Å². The van der Waals surface area contributed by atoms with E-state index in [2.05, 4.69) is 5.32 Å². The Morgan fingerprint density at radius 1 is 1.33 bits per heavy atom. The number of non-ortho nitro benzene ring substituents is 1. The molecule has 0 spiro atoms. The SMILES string of the molecule is CC(CO)NC(=O)c1cc([N+](=O)[O-])ccc1Sc1ccccc1F. The van der Waals surface area contributed by atoms with Crippen molar-refractivity contribution in [1.29, 1.82) is 0 Å². The first-order valence-electron chi connectivity index (χ1n) is 7.05. The molecule has 6 nitrogen and oxygen atoms in total. The Balaban J connectivity index is 2.41. The van der Waals surface area contributed by atoms with Gasteiger partial charge in [0.15, 0.2) is 0 Å². The molecule has 8 heteroatoms. The maximum absolute atomic E-state index is 13.8. The summed E-state index contributed by atoms with van der Waals surface area (Å²) in [4.78, 5) is 23.4. The first-order chi connectivity index (χ1) is 11.4. The molecule has 1 unspecified atom stereocenters. The molecule has 0 radical (unpaired) electrons. The summed E-state index contributed by atoms with van der Waals surface area (Å²) in [5.41, 5.74) is -0.188. The number of nitrogens with one attached hydrogen (secondary N) is 1. The van der Waals surface area contributed by atoms with E-state index in [1.165, 1.54) is 18.2 Å². The summed E-state index contributed by atoms with van der Waals surface area (Å²) in [5, 5.41) is 22.5. The van der Waals surface area contributed by atoms with Crippen LogP contribution < -0.4 is 5.32 Å². The lowest BCUT2D eigenvalue weighted by atomic mass is 10.1. The predicted octanol–water partition coefficient (Wildman–Crippen LogP) is 3.00. The van der Waals surface area contributed by atoms with E-state index in [-0.39, 0.29) is 17.9 Å². The van der Waals surface area contributed by atoms with Crippen molar-refractivity contribution >= 4 is 23.4 Å². The highest BCUT2D eigenvalue weighted by molar-refractivity contribution is 7.99. The number of carbonyl (C=O) groups excluding carboxylic acids is 1. The van der Waals surface area contributed by atoms with Gasteiger partial charge in [-0.2, -0.15) is 0 Å². The van der Waals surface area contributed by atoms with Gasteiger partial charge in [-0.15, -0.1) is 0 Å². The first kappa shape index (κ1) is 17.9. The van der Waals surface area contributed by atoms with E-state index in [1.807, 2.05) is 0 Å². The third-order valence-corrected chi connectivity index (χ3v) is 4.25. The van der Waals surface area contributed by atoms with E-state index in [4.69, 9.17) is 5.11 Å². The molecule has 2 N–H and O–H groups in total. The van der Waals surface area contributed by atoms with Crippen LogP contribution in [0.5, 0.6) is 0 Å². The van der Waals surface area contributed by atoms with Gasteiger partial charge < -0.3 is 10.4 Å². The molecule has 2 rings (SSSR count). The first-order valence-corrected chi connectivity index (χ1v) is 7.86. The van der Waals surface area contributed by atoms with Crippen LogP contribution in [0.2, 0.25) is 0 Å². The number of aliphatic hydroxyl groups excluding tert-OH is 1. The number of carbonyl (C=O) groups is 1. The summed E-state index contributed by atoms with van der Waals surface area (Å²) < 4.78 is 13.8. The molecule has 1 atom stereocenters. The van der Waals surface area contributed by atoms with Gasteiger partial charge in [-0.05, 0) is 25.1 Å². The molecule has 0 aromatic heterocycles. The Hall–Kier alpha value is -2.45. The van der Waals surface area contributed by atoms with Crippen molar-refractivity contribution in [3.8, 4) is 0 Å². The third-order valence-electron chi connectivity index (χ3n) is 3.13. The molecule has 0 aliphatic carbocycles. The van der Waals surface area contributed by atoms with Crippen molar-refractivity contribution < 1.29 is 19.2 Å². The van der Waals surface area contributed by atoms with Crippen LogP contribution in [0.1, 0.15) is 17.3 Å². The topological polar surface area (TPSA) is 92.5 Å². The van der Waals surface area contributed by atoms with Gasteiger partial charge in [-0.25, -0.2) is 4.39 Å².